The van der Waals surface area contributed by atoms with Crippen molar-refractivity contribution < 1.29 is 89.4 Å². The molecule has 3 aliphatic rings. The molecule has 3 fully saturated rings. The summed E-state index contributed by atoms with van der Waals surface area (Å²) >= 11 is 0. The van der Waals surface area contributed by atoms with Crippen molar-refractivity contribution in [2.45, 2.75) is 304 Å². The van der Waals surface area contributed by atoms with E-state index in [1.807, 2.05) is 6.08 Å². The first-order valence-corrected chi connectivity index (χ1v) is 36.1. The Morgan fingerprint density at radius 2 is 0.729 bits per heavy atom. The van der Waals surface area contributed by atoms with Gasteiger partial charge in [-0.1, -0.05) is 230 Å². The Kier molecular flexibility index (Phi) is 50.5. The standard InChI is InChI=1S/C77H125NO18/c1-3-5-7-9-11-13-15-16-17-18-19-20-21-22-23-24-25-26-27-28-29-30-31-32-33-34-35-36-37-38-39-40-41-42-43-44-45-47-49-51-53-55-65(83)78-60(61(82)54-52-50-48-46-14-12-10-8-6-4-2)59-91-75-71(89)68(86)73(63(57-80)93-75)96-77-72(90)69(87)74(64(58-81)94-77)95-76-70(88)67(85)66(84)62(56-79)92-76/h5,7,11,13-14,16-17,19-20,22-23,25-26,28-29,31-32,34-35,37-38,46,52,54,60-64,66-77,79-82,84-90H,3-4,6,8-10,12,15,18,21,24,27,30,33,36,39-45,47-51,53,55-59H2,1-2H3,(H,78,83)/b7-5-,13-11-,17-16-,20-19-,23-22-,26-25-,29-28-,32-31-,35-34-,38-37-,46-14+,54-52+. The molecule has 1 amide bonds. The van der Waals surface area contributed by atoms with Crippen LogP contribution in [0.15, 0.2) is 146 Å². The number of aliphatic hydroxyl groups is 11. The molecular weight excluding hydrogens is 1230 g/mol. The zero-order chi connectivity index (χ0) is 69.6. The van der Waals surface area contributed by atoms with Crippen molar-refractivity contribution in [3.63, 3.8) is 0 Å². The number of rotatable bonds is 53. The predicted molar refractivity (Wildman–Crippen MR) is 378 cm³/mol. The number of hydrogen-bond acceptors (Lipinski definition) is 18. The summed E-state index contributed by atoms with van der Waals surface area (Å²) in [5, 5.41) is 120. The van der Waals surface area contributed by atoms with Crippen LogP contribution in [0.5, 0.6) is 0 Å². The van der Waals surface area contributed by atoms with Crippen molar-refractivity contribution in [3.8, 4) is 0 Å². The monoisotopic (exact) mass is 1350 g/mol. The van der Waals surface area contributed by atoms with Crippen LogP contribution in [0.3, 0.4) is 0 Å². The van der Waals surface area contributed by atoms with Gasteiger partial charge in [0.25, 0.3) is 0 Å². The van der Waals surface area contributed by atoms with Gasteiger partial charge in [-0.3, -0.25) is 4.79 Å². The number of carbonyl (C=O) groups excluding carboxylic acids is 1. The van der Waals surface area contributed by atoms with E-state index < -0.39 is 124 Å². The number of nitrogens with one attached hydrogen (secondary N) is 1. The Hall–Kier alpha value is -4.33. The van der Waals surface area contributed by atoms with Gasteiger partial charge in [-0.25, -0.2) is 0 Å². The first-order valence-electron chi connectivity index (χ1n) is 36.1. The van der Waals surface area contributed by atoms with Gasteiger partial charge in [0, 0.05) is 6.42 Å². The lowest BCUT2D eigenvalue weighted by atomic mass is 9.96. The molecule has 96 heavy (non-hydrogen) atoms. The molecule has 3 rings (SSSR count). The third-order valence-corrected chi connectivity index (χ3v) is 16.9. The number of allylic oxidation sites excluding steroid dienone is 23. The Morgan fingerprint density at radius 1 is 0.385 bits per heavy atom. The van der Waals surface area contributed by atoms with Crippen LogP contribution in [-0.4, -0.2) is 193 Å². The lowest BCUT2D eigenvalue weighted by Crippen LogP contribution is -2.66. The summed E-state index contributed by atoms with van der Waals surface area (Å²) in [4.78, 5) is 13.4. The van der Waals surface area contributed by atoms with Crippen LogP contribution in [0.2, 0.25) is 0 Å². The number of amides is 1. The normalized spacial score (nSPS) is 27.9. The van der Waals surface area contributed by atoms with Crippen molar-refractivity contribution in [2.75, 3.05) is 26.4 Å². The number of unbranched alkanes of at least 4 members (excludes halogenated alkanes) is 15. The minimum Gasteiger partial charge on any atom is -0.394 e. The van der Waals surface area contributed by atoms with Gasteiger partial charge in [-0.15, -0.1) is 0 Å². The third-order valence-electron chi connectivity index (χ3n) is 16.9. The lowest BCUT2D eigenvalue weighted by Gasteiger charge is -2.48. The van der Waals surface area contributed by atoms with Crippen LogP contribution >= 0.6 is 0 Å². The van der Waals surface area contributed by atoms with Crippen LogP contribution in [0, 0.1) is 0 Å². The molecular formula is C77H125NO18. The fourth-order valence-electron chi connectivity index (χ4n) is 11.1. The van der Waals surface area contributed by atoms with Crippen LogP contribution in [0.1, 0.15) is 200 Å². The number of ether oxygens (including phenoxy) is 6. The first-order chi connectivity index (χ1) is 46.8. The van der Waals surface area contributed by atoms with E-state index in [0.29, 0.717) is 12.8 Å². The van der Waals surface area contributed by atoms with Crippen molar-refractivity contribution in [2.24, 2.45) is 0 Å². The molecule has 546 valence electrons. The van der Waals surface area contributed by atoms with Gasteiger partial charge in [-0.2, -0.15) is 0 Å². The second-order valence-electron chi connectivity index (χ2n) is 25.0. The average Bonchev–Trinajstić information content (AvgIpc) is 0.849. The molecule has 12 N–H and O–H groups in total. The number of carbonyl (C=O) groups is 1. The Bertz CT molecular complexity index is 2310. The summed E-state index contributed by atoms with van der Waals surface area (Å²) in [7, 11) is 0. The van der Waals surface area contributed by atoms with Crippen LogP contribution in [0.4, 0.5) is 0 Å². The van der Waals surface area contributed by atoms with E-state index >= 15 is 0 Å². The van der Waals surface area contributed by atoms with Gasteiger partial charge in [0.1, 0.15) is 73.2 Å². The summed E-state index contributed by atoms with van der Waals surface area (Å²) < 4.78 is 34.2. The Morgan fingerprint density at radius 3 is 1.17 bits per heavy atom. The number of aliphatic hydroxyl groups excluding tert-OH is 11. The molecule has 17 unspecified atom stereocenters. The summed E-state index contributed by atoms with van der Waals surface area (Å²) in [6.45, 7) is 1.51. The minimum absolute atomic E-state index is 0.220. The molecule has 19 nitrogen and oxygen atoms in total. The summed E-state index contributed by atoms with van der Waals surface area (Å²) in [5.41, 5.74) is 0. The predicted octanol–water partition coefficient (Wildman–Crippen LogP) is 10.3. The van der Waals surface area contributed by atoms with Gasteiger partial charge in [0.2, 0.25) is 5.91 Å². The highest BCUT2D eigenvalue weighted by Gasteiger charge is 2.53. The summed E-state index contributed by atoms with van der Waals surface area (Å²) in [5.74, 6) is -0.299. The zero-order valence-electron chi connectivity index (χ0n) is 57.8. The van der Waals surface area contributed by atoms with E-state index in [1.165, 1.54) is 51.4 Å². The highest BCUT2D eigenvalue weighted by atomic mass is 16.8. The highest BCUT2D eigenvalue weighted by molar-refractivity contribution is 5.76. The summed E-state index contributed by atoms with van der Waals surface area (Å²) in [6, 6.07) is -1.00. The van der Waals surface area contributed by atoms with Crippen molar-refractivity contribution in [1.29, 1.82) is 0 Å². The smallest absolute Gasteiger partial charge is 0.220 e. The molecule has 0 saturated carbocycles. The van der Waals surface area contributed by atoms with Gasteiger partial charge in [-0.05, 0) is 109 Å². The molecule has 19 heteroatoms. The van der Waals surface area contributed by atoms with E-state index in [1.54, 1.807) is 6.08 Å². The lowest BCUT2D eigenvalue weighted by molar-refractivity contribution is -0.379. The van der Waals surface area contributed by atoms with Crippen molar-refractivity contribution in [3.05, 3.63) is 146 Å². The first kappa shape index (κ1) is 85.9. The van der Waals surface area contributed by atoms with Gasteiger partial charge in [0.15, 0.2) is 18.9 Å². The average molecular weight is 1350 g/mol. The van der Waals surface area contributed by atoms with Crippen LogP contribution in [0.25, 0.3) is 0 Å². The quantitative estimate of drug-likeness (QED) is 0.0199. The van der Waals surface area contributed by atoms with Crippen LogP contribution in [-0.2, 0) is 33.2 Å². The van der Waals surface area contributed by atoms with Crippen molar-refractivity contribution in [1.82, 2.24) is 5.32 Å². The van der Waals surface area contributed by atoms with Gasteiger partial charge in [0.05, 0.1) is 38.6 Å². The van der Waals surface area contributed by atoms with E-state index in [-0.39, 0.29) is 18.9 Å². The second kappa shape index (κ2) is 56.4. The fraction of sp³-hybridized carbons (Fsp3) is 0.675. The van der Waals surface area contributed by atoms with E-state index in [4.69, 9.17) is 28.4 Å². The molecule has 0 aromatic heterocycles. The molecule has 0 bridgehead atoms. The highest BCUT2D eigenvalue weighted by Crippen LogP contribution is 2.33. The summed E-state index contributed by atoms with van der Waals surface area (Å²) in [6.07, 6.45) is 54.3. The molecule has 3 saturated heterocycles. The van der Waals surface area contributed by atoms with Gasteiger partial charge < -0.3 is 89.9 Å². The van der Waals surface area contributed by atoms with E-state index in [0.717, 1.165) is 116 Å². The Balaban J connectivity index is 1.31. The molecule has 0 radical (unpaired) electrons. The van der Waals surface area contributed by atoms with Gasteiger partial charge >= 0.3 is 0 Å². The van der Waals surface area contributed by atoms with Crippen molar-refractivity contribution >= 4 is 5.91 Å². The topological polar surface area (TPSA) is 307 Å². The van der Waals surface area contributed by atoms with E-state index in [2.05, 4.69) is 153 Å². The largest absolute Gasteiger partial charge is 0.394 e. The Labute approximate surface area is 574 Å². The molecule has 0 spiro atoms. The maximum Gasteiger partial charge on any atom is 0.220 e. The molecule has 0 aromatic carbocycles. The molecule has 0 aromatic rings. The SMILES string of the molecule is CC/C=C\C/C=C\C/C=C\C/C=C\C/C=C\C/C=C\C/C=C\C/C=C\C/C=C\C/C=C\CCCCCCCCCCCCC(=O)NC(COC1OC(CO)C(OC2OC(CO)C(OC3OC(CO)C(O)C(O)C3O)C(O)C2O)C(O)C1O)C(O)/C=C/CC/C=C/CCCCCC. The molecule has 3 aliphatic heterocycles. The van der Waals surface area contributed by atoms with E-state index in [9.17, 15) is 61.0 Å². The van der Waals surface area contributed by atoms with Crippen LogP contribution < -0.4 is 5.32 Å². The second-order valence-corrected chi connectivity index (χ2v) is 25.0. The zero-order valence-corrected chi connectivity index (χ0v) is 57.8. The molecule has 0 aliphatic carbocycles. The molecule has 17 atom stereocenters. The minimum atomic E-state index is -1.99. The maximum atomic E-state index is 13.4. The fourth-order valence-corrected chi connectivity index (χ4v) is 11.1. The maximum absolute atomic E-state index is 13.4. The third kappa shape index (κ3) is 37.2. The molecule has 3 heterocycles. The number of hydrogen-bond donors (Lipinski definition) is 12.